The highest BCUT2D eigenvalue weighted by Crippen LogP contribution is 2.38. The fourth-order valence-electron chi connectivity index (χ4n) is 3.71. The first kappa shape index (κ1) is 17.2. The third kappa shape index (κ3) is 4.15. The van der Waals surface area contributed by atoms with Gasteiger partial charge in [-0.15, -0.1) is 0 Å². The van der Waals surface area contributed by atoms with Gasteiger partial charge in [0, 0.05) is 11.1 Å². The quantitative estimate of drug-likeness (QED) is 0.507. The molecular weight excluding hydrogens is 328 g/mol. The first-order valence-electron chi connectivity index (χ1n) is 9.40. The van der Waals surface area contributed by atoms with Crippen molar-refractivity contribution in [3.8, 4) is 0 Å². The van der Waals surface area contributed by atoms with Gasteiger partial charge in [0.1, 0.15) is 0 Å². The Morgan fingerprint density at radius 2 is 1.00 bits per heavy atom. The predicted molar refractivity (Wildman–Crippen MR) is 112 cm³/mol. The van der Waals surface area contributed by atoms with Gasteiger partial charge >= 0.3 is 0 Å². The van der Waals surface area contributed by atoms with Gasteiger partial charge in [0.25, 0.3) is 0 Å². The van der Waals surface area contributed by atoms with E-state index in [4.69, 9.17) is 0 Å². The number of rotatable bonds is 3. The lowest BCUT2D eigenvalue weighted by Crippen LogP contribution is -2.19. The summed E-state index contributed by atoms with van der Waals surface area (Å²) in [5.41, 5.74) is 5.23. The molecule has 1 saturated carbocycles. The smallest absolute Gasteiger partial charge is 0.185 e. The van der Waals surface area contributed by atoms with Gasteiger partial charge in [-0.1, -0.05) is 91.0 Å². The second-order valence-electron chi connectivity index (χ2n) is 7.01. The minimum atomic E-state index is 0.176. The van der Waals surface area contributed by atoms with Gasteiger partial charge in [0.2, 0.25) is 0 Å². The van der Waals surface area contributed by atoms with Gasteiger partial charge in [-0.3, -0.25) is 4.79 Å². The van der Waals surface area contributed by atoms with Crippen LogP contribution in [0.3, 0.4) is 0 Å². The first-order chi connectivity index (χ1) is 13.3. The molecule has 0 radical (unpaired) electrons. The lowest BCUT2D eigenvalue weighted by molar-refractivity contribution is -0.113. The number of carbonyl (C=O) groups excluding carboxylic acids is 1. The Hall–Kier alpha value is -3.19. The standard InChI is InChI=1S/C26H22O/c27-26-24(16-20-10-4-1-5-11-20)18-23(22-14-8-3-9-15-22)19-25(26)17-21-12-6-2-7-13-21/h1-17,23H,18-19H2/b24-16+,25-17+. The number of allylic oxidation sites excluding steroid dienone is 2. The van der Waals surface area contributed by atoms with Crippen LogP contribution in [0, 0.1) is 0 Å². The summed E-state index contributed by atoms with van der Waals surface area (Å²) >= 11 is 0. The lowest BCUT2D eigenvalue weighted by Gasteiger charge is -2.26. The topological polar surface area (TPSA) is 17.1 Å². The summed E-state index contributed by atoms with van der Waals surface area (Å²) in [4.78, 5) is 13.2. The van der Waals surface area contributed by atoms with E-state index in [-0.39, 0.29) is 5.78 Å². The molecule has 0 amide bonds. The number of hydrogen-bond acceptors (Lipinski definition) is 1. The van der Waals surface area contributed by atoms with Crippen LogP contribution < -0.4 is 0 Å². The van der Waals surface area contributed by atoms with E-state index in [0.29, 0.717) is 5.92 Å². The molecule has 0 aromatic heterocycles. The molecule has 0 atom stereocenters. The molecule has 1 heteroatoms. The van der Waals surface area contributed by atoms with Crippen LogP contribution in [0.1, 0.15) is 35.4 Å². The van der Waals surface area contributed by atoms with Crippen molar-refractivity contribution in [3.63, 3.8) is 0 Å². The predicted octanol–water partition coefficient (Wildman–Crippen LogP) is 6.30. The van der Waals surface area contributed by atoms with Crippen LogP contribution in [-0.4, -0.2) is 5.78 Å². The number of Topliss-reactive ketones (excluding diaryl/α,β-unsaturated/α-hetero) is 1. The molecular formula is C26H22O. The Kier molecular flexibility index (Phi) is 5.11. The Bertz CT molecular complexity index is 905. The molecule has 3 aromatic rings. The summed E-state index contributed by atoms with van der Waals surface area (Å²) in [7, 11) is 0. The maximum atomic E-state index is 13.2. The number of carbonyl (C=O) groups is 1. The Labute approximate surface area is 160 Å². The van der Waals surface area contributed by atoms with Gasteiger partial charge in [-0.25, -0.2) is 0 Å². The third-order valence-electron chi connectivity index (χ3n) is 5.07. The van der Waals surface area contributed by atoms with Crippen molar-refractivity contribution in [2.75, 3.05) is 0 Å². The van der Waals surface area contributed by atoms with Crippen molar-refractivity contribution in [1.29, 1.82) is 0 Å². The Morgan fingerprint density at radius 3 is 1.44 bits per heavy atom. The second-order valence-corrected chi connectivity index (χ2v) is 7.01. The normalized spacial score (nSPS) is 20.1. The van der Waals surface area contributed by atoms with Gasteiger partial charge in [0.05, 0.1) is 0 Å². The highest BCUT2D eigenvalue weighted by atomic mass is 16.1. The number of benzene rings is 3. The Morgan fingerprint density at radius 1 is 0.593 bits per heavy atom. The molecule has 0 heterocycles. The van der Waals surface area contributed by atoms with Gasteiger partial charge < -0.3 is 0 Å². The molecule has 1 aliphatic rings. The fraction of sp³-hybridized carbons (Fsp3) is 0.115. The summed E-state index contributed by atoms with van der Waals surface area (Å²) in [5.74, 6) is 0.503. The zero-order valence-electron chi connectivity index (χ0n) is 15.2. The summed E-state index contributed by atoms with van der Waals surface area (Å²) < 4.78 is 0. The average Bonchev–Trinajstić information content (AvgIpc) is 2.73. The van der Waals surface area contributed by atoms with Crippen LogP contribution >= 0.6 is 0 Å². The van der Waals surface area contributed by atoms with Crippen molar-refractivity contribution in [3.05, 3.63) is 119 Å². The minimum Gasteiger partial charge on any atom is -0.289 e. The van der Waals surface area contributed by atoms with E-state index in [1.807, 2.05) is 66.7 Å². The van der Waals surface area contributed by atoms with Crippen LogP contribution in [0.2, 0.25) is 0 Å². The van der Waals surface area contributed by atoms with E-state index >= 15 is 0 Å². The van der Waals surface area contributed by atoms with Crippen molar-refractivity contribution >= 4 is 17.9 Å². The molecule has 0 spiro atoms. The van der Waals surface area contributed by atoms with E-state index in [1.165, 1.54) is 5.56 Å². The molecule has 0 aliphatic heterocycles. The van der Waals surface area contributed by atoms with E-state index < -0.39 is 0 Å². The first-order valence-corrected chi connectivity index (χ1v) is 9.40. The van der Waals surface area contributed by atoms with Gasteiger partial charge in [-0.05, 0) is 47.6 Å². The Balaban J connectivity index is 1.74. The molecule has 0 N–H and O–H groups in total. The van der Waals surface area contributed by atoms with E-state index in [2.05, 4.69) is 36.4 Å². The van der Waals surface area contributed by atoms with E-state index in [9.17, 15) is 4.79 Å². The number of ketones is 1. The van der Waals surface area contributed by atoms with E-state index in [1.54, 1.807) is 0 Å². The van der Waals surface area contributed by atoms with Crippen LogP contribution in [-0.2, 0) is 4.79 Å². The van der Waals surface area contributed by atoms with Crippen molar-refractivity contribution in [2.45, 2.75) is 18.8 Å². The maximum Gasteiger partial charge on any atom is 0.185 e. The van der Waals surface area contributed by atoms with Crippen molar-refractivity contribution in [2.24, 2.45) is 0 Å². The molecule has 3 aromatic carbocycles. The van der Waals surface area contributed by atoms with Gasteiger partial charge in [0.15, 0.2) is 5.78 Å². The van der Waals surface area contributed by atoms with Crippen LogP contribution in [0.25, 0.3) is 12.2 Å². The van der Waals surface area contributed by atoms with Crippen LogP contribution in [0.15, 0.2) is 102 Å². The molecule has 1 aliphatic carbocycles. The monoisotopic (exact) mass is 350 g/mol. The zero-order chi connectivity index (χ0) is 18.5. The summed E-state index contributed by atoms with van der Waals surface area (Å²) in [5, 5.41) is 0. The molecule has 132 valence electrons. The van der Waals surface area contributed by atoms with E-state index in [0.717, 1.165) is 35.1 Å². The van der Waals surface area contributed by atoms with Crippen LogP contribution in [0.4, 0.5) is 0 Å². The molecule has 4 rings (SSSR count). The molecule has 1 fully saturated rings. The van der Waals surface area contributed by atoms with Crippen molar-refractivity contribution in [1.82, 2.24) is 0 Å². The molecule has 0 saturated heterocycles. The summed E-state index contributed by atoms with van der Waals surface area (Å²) in [6.45, 7) is 0. The molecule has 27 heavy (non-hydrogen) atoms. The summed E-state index contributed by atoms with van der Waals surface area (Å²) in [6, 6.07) is 30.8. The third-order valence-corrected chi connectivity index (χ3v) is 5.07. The highest BCUT2D eigenvalue weighted by Gasteiger charge is 2.28. The second kappa shape index (κ2) is 8.01. The fourth-order valence-corrected chi connectivity index (χ4v) is 3.71. The largest absolute Gasteiger partial charge is 0.289 e. The summed E-state index contributed by atoms with van der Waals surface area (Å²) in [6.07, 6.45) is 5.67. The molecule has 0 bridgehead atoms. The SMILES string of the molecule is O=C1/C(=C/c2ccccc2)CC(c2ccccc2)C/C1=C\c1ccccc1. The average molecular weight is 350 g/mol. The number of hydrogen-bond donors (Lipinski definition) is 0. The lowest BCUT2D eigenvalue weighted by atomic mass is 9.77. The van der Waals surface area contributed by atoms with Gasteiger partial charge in [-0.2, -0.15) is 0 Å². The molecule has 0 unspecified atom stereocenters. The zero-order valence-corrected chi connectivity index (χ0v) is 15.2. The minimum absolute atomic E-state index is 0.176. The molecule has 1 nitrogen and oxygen atoms in total. The maximum absolute atomic E-state index is 13.2. The van der Waals surface area contributed by atoms with Crippen molar-refractivity contribution < 1.29 is 4.79 Å². The van der Waals surface area contributed by atoms with Crippen LogP contribution in [0.5, 0.6) is 0 Å². The highest BCUT2D eigenvalue weighted by molar-refractivity contribution is 6.14.